The van der Waals surface area contributed by atoms with Crippen molar-refractivity contribution in [3.05, 3.63) is 0 Å². The zero-order chi connectivity index (χ0) is 13.1. The smallest absolute Gasteiger partial charge is 0.349 e. The van der Waals surface area contributed by atoms with Crippen LogP contribution in [0, 0.1) is 5.92 Å². The molecule has 0 fully saturated rings. The fourth-order valence-electron chi connectivity index (χ4n) is 0.686. The predicted molar refractivity (Wildman–Crippen MR) is 46.8 cm³/mol. The van der Waals surface area contributed by atoms with Gasteiger partial charge in [0.25, 0.3) is 5.91 Å². The highest BCUT2D eigenvalue weighted by atomic mass is 19.4. The number of nitrogens with two attached hydrogens (primary N) is 1. The minimum Gasteiger partial charge on any atom is -0.349 e. The summed E-state index contributed by atoms with van der Waals surface area (Å²) in [5.41, 5.74) is 5.38. The molecule has 0 aliphatic carbocycles. The fraction of sp³-hybridized carbons (Fsp3) is 0.875. The highest BCUT2D eigenvalue weighted by Gasteiger charge is 2.63. The second kappa shape index (κ2) is 4.94. The van der Waals surface area contributed by atoms with Crippen molar-refractivity contribution < 1.29 is 26.7 Å². The maximum atomic E-state index is 12.4. The van der Waals surface area contributed by atoms with Gasteiger partial charge in [-0.05, 0) is 5.92 Å². The molecule has 0 aromatic heterocycles. The maximum Gasteiger partial charge on any atom is 0.463 e. The van der Waals surface area contributed by atoms with Crippen molar-refractivity contribution >= 4 is 5.91 Å². The van der Waals surface area contributed by atoms with Gasteiger partial charge in [-0.1, -0.05) is 13.8 Å². The zero-order valence-electron chi connectivity index (χ0n) is 8.74. The largest absolute Gasteiger partial charge is 0.463 e. The Kier molecular flexibility index (Phi) is 4.66. The Morgan fingerprint density at radius 3 is 2.00 bits per heavy atom. The van der Waals surface area contributed by atoms with Crippen molar-refractivity contribution in [1.29, 1.82) is 0 Å². The molecule has 3 nitrogen and oxygen atoms in total. The Labute approximate surface area is 89.2 Å². The lowest BCUT2D eigenvalue weighted by molar-refractivity contribution is -0.269. The molecule has 96 valence electrons. The Hall–Kier alpha value is -0.920. The first-order chi connectivity index (χ1) is 7.00. The lowest BCUT2D eigenvalue weighted by Crippen LogP contribution is -2.53. The van der Waals surface area contributed by atoms with Crippen LogP contribution in [0.2, 0.25) is 0 Å². The van der Waals surface area contributed by atoms with Gasteiger partial charge in [0, 0.05) is 12.6 Å². The minimum absolute atomic E-state index is 0.139. The van der Waals surface area contributed by atoms with Crippen molar-refractivity contribution in [3.8, 4) is 0 Å². The summed E-state index contributed by atoms with van der Waals surface area (Å²) in [5.74, 6) is -7.90. The van der Waals surface area contributed by atoms with Crippen LogP contribution in [-0.2, 0) is 4.79 Å². The number of alkyl halides is 5. The normalized spacial score (nSPS) is 15.1. The SMILES string of the molecule is CC(C)C(N)CNC(=O)C(F)(F)C(F)(F)F. The molecule has 0 saturated heterocycles. The number of nitrogens with one attached hydrogen (secondary N) is 1. The molecule has 0 aliphatic rings. The number of hydrogen-bond acceptors (Lipinski definition) is 2. The van der Waals surface area contributed by atoms with Crippen LogP contribution in [0.1, 0.15) is 13.8 Å². The standard InChI is InChI=1S/C8H13F5N2O/c1-4(2)5(14)3-15-6(16)7(9,10)8(11,12)13/h4-5H,3,14H2,1-2H3,(H,15,16). The van der Waals surface area contributed by atoms with E-state index in [9.17, 15) is 26.7 Å². The molecule has 0 radical (unpaired) electrons. The number of carbonyl (C=O) groups is 1. The lowest BCUT2D eigenvalue weighted by Gasteiger charge is -2.21. The third-order valence-electron chi connectivity index (χ3n) is 2.00. The first-order valence-electron chi connectivity index (χ1n) is 4.48. The van der Waals surface area contributed by atoms with Crippen LogP contribution in [0.4, 0.5) is 22.0 Å². The molecule has 0 spiro atoms. The number of rotatable bonds is 4. The van der Waals surface area contributed by atoms with E-state index in [0.717, 1.165) is 0 Å². The maximum absolute atomic E-state index is 12.4. The number of amides is 1. The van der Waals surface area contributed by atoms with E-state index in [2.05, 4.69) is 0 Å². The monoisotopic (exact) mass is 248 g/mol. The number of hydrogen-bond donors (Lipinski definition) is 2. The summed E-state index contributed by atoms with van der Waals surface area (Å²) in [4.78, 5) is 10.6. The van der Waals surface area contributed by atoms with Gasteiger partial charge in [-0.15, -0.1) is 0 Å². The molecule has 0 saturated carbocycles. The molecule has 0 heterocycles. The van der Waals surface area contributed by atoms with E-state index in [1.165, 1.54) is 5.32 Å². The molecule has 0 bridgehead atoms. The molecule has 0 aromatic rings. The Morgan fingerprint density at radius 1 is 1.25 bits per heavy atom. The van der Waals surface area contributed by atoms with E-state index >= 15 is 0 Å². The van der Waals surface area contributed by atoms with E-state index in [-0.39, 0.29) is 5.92 Å². The fourth-order valence-corrected chi connectivity index (χ4v) is 0.686. The minimum atomic E-state index is -5.89. The Bertz CT molecular complexity index is 251. The first-order valence-corrected chi connectivity index (χ1v) is 4.48. The highest BCUT2D eigenvalue weighted by molar-refractivity contribution is 5.84. The van der Waals surface area contributed by atoms with Crippen LogP contribution in [0.25, 0.3) is 0 Å². The number of halogens is 5. The molecule has 1 atom stereocenters. The van der Waals surface area contributed by atoms with Gasteiger partial charge in [-0.2, -0.15) is 22.0 Å². The second-order valence-electron chi connectivity index (χ2n) is 3.69. The summed E-state index contributed by atoms with van der Waals surface area (Å²) >= 11 is 0. The zero-order valence-corrected chi connectivity index (χ0v) is 8.74. The van der Waals surface area contributed by atoms with Crippen molar-refractivity contribution in [2.45, 2.75) is 32.0 Å². The molecule has 0 aromatic carbocycles. The first kappa shape index (κ1) is 15.1. The van der Waals surface area contributed by atoms with Gasteiger partial charge in [-0.25, -0.2) is 0 Å². The molecule has 8 heteroatoms. The molecular formula is C8H13F5N2O. The summed E-state index contributed by atoms with van der Waals surface area (Å²) in [6.45, 7) is 2.87. The van der Waals surface area contributed by atoms with Crippen LogP contribution < -0.4 is 11.1 Å². The summed E-state index contributed by atoms with van der Waals surface area (Å²) in [6.07, 6.45) is -5.89. The predicted octanol–water partition coefficient (Wildman–Crippen LogP) is 1.28. The van der Waals surface area contributed by atoms with Gasteiger partial charge in [0.1, 0.15) is 0 Å². The quantitative estimate of drug-likeness (QED) is 0.736. The van der Waals surface area contributed by atoms with Crippen LogP contribution >= 0.6 is 0 Å². The van der Waals surface area contributed by atoms with E-state index in [1.807, 2.05) is 0 Å². The summed E-state index contributed by atoms with van der Waals surface area (Å²) in [5, 5.41) is 1.48. The van der Waals surface area contributed by atoms with Crippen molar-refractivity contribution in [2.24, 2.45) is 11.7 Å². The number of carbonyl (C=O) groups excluding carboxylic acids is 1. The molecule has 1 amide bonds. The average Bonchev–Trinajstić information content (AvgIpc) is 2.11. The van der Waals surface area contributed by atoms with Gasteiger partial charge in [-0.3, -0.25) is 4.79 Å². The van der Waals surface area contributed by atoms with Gasteiger partial charge >= 0.3 is 12.1 Å². The summed E-state index contributed by atoms with van der Waals surface area (Å²) < 4.78 is 60.0. The van der Waals surface area contributed by atoms with Crippen LogP contribution in [-0.4, -0.2) is 30.6 Å². The summed E-state index contributed by atoms with van der Waals surface area (Å²) in [7, 11) is 0. The van der Waals surface area contributed by atoms with Gasteiger partial charge in [0.05, 0.1) is 0 Å². The topological polar surface area (TPSA) is 55.1 Å². The average molecular weight is 248 g/mol. The van der Waals surface area contributed by atoms with Gasteiger partial charge in [0.15, 0.2) is 0 Å². The van der Waals surface area contributed by atoms with E-state index < -0.39 is 30.6 Å². The van der Waals surface area contributed by atoms with Gasteiger partial charge < -0.3 is 11.1 Å². The molecule has 0 aliphatic heterocycles. The summed E-state index contributed by atoms with van der Waals surface area (Å²) in [6, 6.07) is -0.673. The van der Waals surface area contributed by atoms with Crippen molar-refractivity contribution in [2.75, 3.05) is 6.54 Å². The lowest BCUT2D eigenvalue weighted by atomic mass is 10.1. The molecule has 16 heavy (non-hydrogen) atoms. The van der Waals surface area contributed by atoms with E-state index in [0.29, 0.717) is 0 Å². The third kappa shape index (κ3) is 3.58. The molecular weight excluding hydrogens is 235 g/mol. The van der Waals surface area contributed by atoms with Crippen molar-refractivity contribution in [1.82, 2.24) is 5.32 Å². The van der Waals surface area contributed by atoms with Crippen LogP contribution in [0.3, 0.4) is 0 Å². The van der Waals surface area contributed by atoms with E-state index in [4.69, 9.17) is 5.73 Å². The van der Waals surface area contributed by atoms with Crippen LogP contribution in [0.15, 0.2) is 0 Å². The van der Waals surface area contributed by atoms with Crippen molar-refractivity contribution in [3.63, 3.8) is 0 Å². The highest BCUT2D eigenvalue weighted by Crippen LogP contribution is 2.35. The molecule has 1 unspecified atom stereocenters. The molecule has 0 rings (SSSR count). The second-order valence-corrected chi connectivity index (χ2v) is 3.69. The Morgan fingerprint density at radius 2 is 1.69 bits per heavy atom. The third-order valence-corrected chi connectivity index (χ3v) is 2.00. The van der Waals surface area contributed by atoms with E-state index in [1.54, 1.807) is 13.8 Å². The van der Waals surface area contributed by atoms with Gasteiger partial charge in [0.2, 0.25) is 0 Å². The molecule has 3 N–H and O–H groups in total. The van der Waals surface area contributed by atoms with Crippen LogP contribution in [0.5, 0.6) is 0 Å². The Balaban J connectivity index is 4.38.